The quantitative estimate of drug-likeness (QED) is 0.692. The van der Waals surface area contributed by atoms with Gasteiger partial charge in [0, 0.05) is 51.3 Å². The maximum absolute atomic E-state index is 12.2. The van der Waals surface area contributed by atoms with Crippen LogP contribution in [0.25, 0.3) is 0 Å². The number of fused-ring (bicyclic) bond motifs is 2. The monoisotopic (exact) mass is 415 g/mol. The lowest BCUT2D eigenvalue weighted by Crippen LogP contribution is -2.47. The summed E-state index contributed by atoms with van der Waals surface area (Å²) in [7, 11) is 1.60. The molecule has 0 N–H and O–H groups in total. The third-order valence-corrected chi connectivity index (χ3v) is 6.99. The van der Waals surface area contributed by atoms with Crippen LogP contribution in [0.5, 0.6) is 0 Å². The lowest BCUT2D eigenvalue weighted by Gasteiger charge is -2.40. The molecule has 2 saturated heterocycles. The predicted molar refractivity (Wildman–Crippen MR) is 115 cm³/mol. The molecule has 3 aliphatic heterocycles. The Labute approximate surface area is 178 Å². The molecule has 30 heavy (non-hydrogen) atoms. The van der Waals surface area contributed by atoms with Crippen LogP contribution < -0.4 is 4.90 Å². The third-order valence-electron chi connectivity index (χ3n) is 6.99. The molecule has 0 aliphatic carbocycles. The van der Waals surface area contributed by atoms with Crippen molar-refractivity contribution in [2.45, 2.75) is 31.6 Å². The minimum Gasteiger partial charge on any atom is -0.447 e. The Hall–Kier alpha value is -2.12. The van der Waals surface area contributed by atoms with Gasteiger partial charge in [0.25, 0.3) is 0 Å². The van der Waals surface area contributed by atoms with Crippen LogP contribution in [0, 0.1) is 5.92 Å². The Balaban J connectivity index is 1.30. The third kappa shape index (κ3) is 4.18. The lowest BCUT2D eigenvalue weighted by atomic mass is 9.74. The van der Waals surface area contributed by atoms with E-state index in [9.17, 15) is 9.59 Å². The molecular weight excluding hydrogens is 382 g/mol. The summed E-state index contributed by atoms with van der Waals surface area (Å²) >= 11 is 0. The van der Waals surface area contributed by atoms with Crippen LogP contribution in [0.4, 0.5) is 10.5 Å². The summed E-state index contributed by atoms with van der Waals surface area (Å²) in [6.45, 7) is 7.85. The second-order valence-corrected chi connectivity index (χ2v) is 8.91. The van der Waals surface area contributed by atoms with Crippen LogP contribution in [0.2, 0.25) is 0 Å². The van der Waals surface area contributed by atoms with Crippen molar-refractivity contribution >= 4 is 17.7 Å². The number of para-hydroxylation sites is 1. The fourth-order valence-corrected chi connectivity index (χ4v) is 5.32. The summed E-state index contributed by atoms with van der Waals surface area (Å²) in [4.78, 5) is 30.6. The highest BCUT2D eigenvalue weighted by Crippen LogP contribution is 2.47. The number of carbonyl (C=O) groups excluding carboxylic acids is 2. The first-order chi connectivity index (χ1) is 14.5. The fourth-order valence-electron chi connectivity index (χ4n) is 5.32. The van der Waals surface area contributed by atoms with E-state index < -0.39 is 0 Å². The summed E-state index contributed by atoms with van der Waals surface area (Å²) in [5.74, 6) is 0.629. The van der Waals surface area contributed by atoms with Gasteiger partial charge in [-0.2, -0.15) is 0 Å². The van der Waals surface area contributed by atoms with Crippen LogP contribution in [0.1, 0.15) is 31.7 Å². The molecule has 0 bridgehead atoms. The van der Waals surface area contributed by atoms with Gasteiger partial charge in [-0.25, -0.2) is 4.79 Å². The molecular formula is C23H33N3O4. The van der Waals surface area contributed by atoms with Crippen molar-refractivity contribution in [1.29, 1.82) is 0 Å². The smallest absolute Gasteiger partial charge is 0.409 e. The summed E-state index contributed by atoms with van der Waals surface area (Å²) in [5.41, 5.74) is 2.52. The maximum atomic E-state index is 12.2. The van der Waals surface area contributed by atoms with Crippen molar-refractivity contribution in [2.75, 3.05) is 64.5 Å². The Morgan fingerprint density at radius 1 is 1.13 bits per heavy atom. The van der Waals surface area contributed by atoms with Gasteiger partial charge in [-0.3, -0.25) is 4.79 Å². The van der Waals surface area contributed by atoms with Gasteiger partial charge in [0.2, 0.25) is 5.91 Å². The van der Waals surface area contributed by atoms with Crippen LogP contribution in [0.15, 0.2) is 24.3 Å². The van der Waals surface area contributed by atoms with Crippen LogP contribution in [-0.4, -0.2) is 81.4 Å². The lowest BCUT2D eigenvalue weighted by molar-refractivity contribution is -0.116. The number of hydrogen-bond donors (Lipinski definition) is 0. The van der Waals surface area contributed by atoms with Crippen LogP contribution in [-0.2, 0) is 19.7 Å². The zero-order chi connectivity index (χ0) is 21.1. The largest absolute Gasteiger partial charge is 0.447 e. The molecule has 4 rings (SSSR count). The number of carbonyl (C=O) groups is 2. The van der Waals surface area contributed by atoms with Gasteiger partial charge in [0.1, 0.15) is 6.61 Å². The van der Waals surface area contributed by atoms with E-state index in [1.54, 1.807) is 14.0 Å². The highest BCUT2D eigenvalue weighted by atomic mass is 16.6. The first-order valence-corrected chi connectivity index (χ1v) is 11.0. The molecule has 0 aromatic heterocycles. The van der Waals surface area contributed by atoms with Gasteiger partial charge in [-0.15, -0.1) is 0 Å². The van der Waals surface area contributed by atoms with E-state index in [1.165, 1.54) is 5.56 Å². The topological polar surface area (TPSA) is 62.3 Å². The van der Waals surface area contributed by atoms with E-state index in [0.717, 1.165) is 64.2 Å². The minimum absolute atomic E-state index is 0.0889. The molecule has 1 atom stereocenters. The molecule has 1 spiro atoms. The minimum atomic E-state index is -0.223. The molecule has 3 heterocycles. The average molecular weight is 416 g/mol. The molecule has 7 heteroatoms. The zero-order valence-electron chi connectivity index (χ0n) is 18.1. The van der Waals surface area contributed by atoms with Crippen LogP contribution in [0.3, 0.4) is 0 Å². The van der Waals surface area contributed by atoms with Gasteiger partial charge in [-0.05, 0) is 49.9 Å². The molecule has 2 amide bonds. The number of ether oxygens (including phenoxy) is 2. The van der Waals surface area contributed by atoms with Crippen molar-refractivity contribution in [2.24, 2.45) is 5.92 Å². The van der Waals surface area contributed by atoms with Gasteiger partial charge >= 0.3 is 6.09 Å². The number of rotatable bonds is 5. The van der Waals surface area contributed by atoms with Gasteiger partial charge in [0.15, 0.2) is 0 Å². The number of methoxy groups -OCH3 is 1. The summed E-state index contributed by atoms with van der Waals surface area (Å²) < 4.78 is 10.2. The number of anilines is 1. The molecule has 7 nitrogen and oxygen atoms in total. The van der Waals surface area contributed by atoms with E-state index in [4.69, 9.17) is 9.47 Å². The normalized spacial score (nSPS) is 23.1. The van der Waals surface area contributed by atoms with Gasteiger partial charge in [0.05, 0.1) is 6.61 Å². The number of likely N-dealkylation sites (tertiary alicyclic amines) is 2. The van der Waals surface area contributed by atoms with E-state index in [2.05, 4.69) is 23.1 Å². The second kappa shape index (κ2) is 8.94. The van der Waals surface area contributed by atoms with Gasteiger partial charge < -0.3 is 24.2 Å². The molecule has 1 aromatic carbocycles. The number of benzene rings is 1. The molecule has 2 fully saturated rings. The Bertz CT molecular complexity index is 775. The summed E-state index contributed by atoms with van der Waals surface area (Å²) in [5, 5.41) is 0. The Morgan fingerprint density at radius 3 is 2.63 bits per heavy atom. The molecule has 0 unspecified atom stereocenters. The number of hydrogen-bond acceptors (Lipinski definition) is 5. The molecule has 164 valence electrons. The van der Waals surface area contributed by atoms with Crippen molar-refractivity contribution in [3.63, 3.8) is 0 Å². The van der Waals surface area contributed by atoms with Crippen molar-refractivity contribution < 1.29 is 19.1 Å². The molecule has 1 aromatic rings. The van der Waals surface area contributed by atoms with Gasteiger partial charge in [-0.1, -0.05) is 18.2 Å². The SMILES string of the molecule is COCCOC(=O)N1CC[C@@H](CN2CCC3(CC2)CN(C(C)=O)c2ccccc23)C1. The first kappa shape index (κ1) is 21.1. The highest BCUT2D eigenvalue weighted by molar-refractivity contribution is 5.94. The number of nitrogens with zero attached hydrogens (tertiary/aromatic N) is 3. The van der Waals surface area contributed by atoms with E-state index in [-0.39, 0.29) is 17.4 Å². The second-order valence-electron chi connectivity index (χ2n) is 8.91. The van der Waals surface area contributed by atoms with E-state index in [0.29, 0.717) is 19.1 Å². The van der Waals surface area contributed by atoms with E-state index in [1.807, 2.05) is 15.9 Å². The standard InChI is InChI=1S/C23H33N3O4/c1-18(27)26-17-23(20-5-3-4-6-21(20)26)8-11-24(12-9-23)15-19-7-10-25(16-19)22(28)30-14-13-29-2/h3-6,19H,7-17H2,1-2H3/t19-/m0/s1. The highest BCUT2D eigenvalue weighted by Gasteiger charge is 2.45. The summed E-state index contributed by atoms with van der Waals surface area (Å²) in [6.07, 6.45) is 2.95. The summed E-state index contributed by atoms with van der Waals surface area (Å²) in [6, 6.07) is 8.40. The first-order valence-electron chi connectivity index (χ1n) is 11.0. The molecule has 0 saturated carbocycles. The fraction of sp³-hybridized carbons (Fsp3) is 0.652. The maximum Gasteiger partial charge on any atom is 0.409 e. The Kier molecular flexibility index (Phi) is 6.29. The average Bonchev–Trinajstić information content (AvgIpc) is 3.34. The van der Waals surface area contributed by atoms with Crippen molar-refractivity contribution in [3.8, 4) is 0 Å². The predicted octanol–water partition coefficient (Wildman–Crippen LogP) is 2.49. The molecule has 0 radical (unpaired) electrons. The molecule has 3 aliphatic rings. The van der Waals surface area contributed by atoms with E-state index >= 15 is 0 Å². The number of piperidine rings is 1. The Morgan fingerprint density at radius 2 is 1.90 bits per heavy atom. The zero-order valence-corrected chi connectivity index (χ0v) is 18.1. The van der Waals surface area contributed by atoms with Crippen molar-refractivity contribution in [1.82, 2.24) is 9.80 Å². The number of amides is 2. The van der Waals surface area contributed by atoms with Crippen molar-refractivity contribution in [3.05, 3.63) is 29.8 Å². The van der Waals surface area contributed by atoms with Crippen LogP contribution >= 0.6 is 0 Å².